The van der Waals surface area contributed by atoms with Crippen molar-refractivity contribution >= 4 is 10.9 Å². The van der Waals surface area contributed by atoms with Crippen LogP contribution in [-0.4, -0.2) is 52.1 Å². The predicted octanol–water partition coefficient (Wildman–Crippen LogP) is 3.42. The monoisotopic (exact) mass is 374 g/mol. The standard InChI is InChI=1S/C21H31FN4O/c1-5-7-19(25-11-10-15(3)24(4)12-13-25)20-23-18-9-8-16(22)14-17(18)21(27)26(20)6-2/h8-9,14-15,19H,5-7,10-13H2,1-4H3. The lowest BCUT2D eigenvalue weighted by Gasteiger charge is -2.31. The Hall–Kier alpha value is -1.79. The molecule has 27 heavy (non-hydrogen) atoms. The molecule has 5 nitrogen and oxygen atoms in total. The Kier molecular flexibility index (Phi) is 6.27. The molecular formula is C21H31FN4O. The molecule has 1 fully saturated rings. The molecule has 0 spiro atoms. The molecule has 1 aromatic heterocycles. The molecule has 148 valence electrons. The summed E-state index contributed by atoms with van der Waals surface area (Å²) in [6, 6.07) is 4.97. The van der Waals surface area contributed by atoms with Crippen LogP contribution in [0.2, 0.25) is 0 Å². The van der Waals surface area contributed by atoms with E-state index < -0.39 is 5.82 Å². The van der Waals surface area contributed by atoms with E-state index in [2.05, 4.69) is 30.7 Å². The van der Waals surface area contributed by atoms with Gasteiger partial charge in [-0.3, -0.25) is 14.3 Å². The van der Waals surface area contributed by atoms with Gasteiger partial charge in [-0.2, -0.15) is 0 Å². The van der Waals surface area contributed by atoms with Crippen molar-refractivity contribution in [3.05, 3.63) is 40.2 Å². The highest BCUT2D eigenvalue weighted by Gasteiger charge is 2.28. The SMILES string of the molecule is CCCC(c1nc2ccc(F)cc2c(=O)n1CC)N1CCC(C)N(C)CC1. The second-order valence-electron chi connectivity index (χ2n) is 7.64. The highest BCUT2D eigenvalue weighted by molar-refractivity contribution is 5.77. The van der Waals surface area contributed by atoms with Crippen molar-refractivity contribution in [3.63, 3.8) is 0 Å². The van der Waals surface area contributed by atoms with Crippen LogP contribution >= 0.6 is 0 Å². The summed E-state index contributed by atoms with van der Waals surface area (Å²) >= 11 is 0. The first kappa shape index (κ1) is 20.0. The molecule has 0 aliphatic carbocycles. The van der Waals surface area contributed by atoms with Crippen LogP contribution in [0.15, 0.2) is 23.0 Å². The van der Waals surface area contributed by atoms with Gasteiger partial charge in [-0.15, -0.1) is 0 Å². The first-order valence-electron chi connectivity index (χ1n) is 10.1. The quantitative estimate of drug-likeness (QED) is 0.804. The van der Waals surface area contributed by atoms with Gasteiger partial charge >= 0.3 is 0 Å². The van der Waals surface area contributed by atoms with Crippen molar-refractivity contribution in [2.45, 2.75) is 58.7 Å². The highest BCUT2D eigenvalue weighted by Crippen LogP contribution is 2.27. The molecule has 2 heterocycles. The zero-order valence-corrected chi connectivity index (χ0v) is 16.9. The van der Waals surface area contributed by atoms with Gasteiger partial charge in [0.1, 0.15) is 11.6 Å². The Labute approximate surface area is 160 Å². The van der Waals surface area contributed by atoms with Crippen molar-refractivity contribution in [2.75, 3.05) is 26.7 Å². The fraction of sp³-hybridized carbons (Fsp3) is 0.619. The fourth-order valence-corrected chi connectivity index (χ4v) is 4.02. The number of hydrogen-bond donors (Lipinski definition) is 0. The summed E-state index contributed by atoms with van der Waals surface area (Å²) in [4.78, 5) is 22.8. The summed E-state index contributed by atoms with van der Waals surface area (Å²) in [6.07, 6.45) is 3.08. The first-order chi connectivity index (χ1) is 13.0. The van der Waals surface area contributed by atoms with E-state index >= 15 is 0 Å². The molecule has 1 aliphatic rings. The maximum atomic E-state index is 13.7. The zero-order valence-electron chi connectivity index (χ0n) is 16.9. The number of likely N-dealkylation sites (N-methyl/N-ethyl adjacent to an activating group) is 1. The maximum Gasteiger partial charge on any atom is 0.261 e. The third kappa shape index (κ3) is 4.06. The second-order valence-corrected chi connectivity index (χ2v) is 7.64. The Morgan fingerprint density at radius 1 is 1.26 bits per heavy atom. The van der Waals surface area contributed by atoms with Gasteiger partial charge in [-0.25, -0.2) is 9.37 Å². The van der Waals surface area contributed by atoms with E-state index in [4.69, 9.17) is 4.98 Å². The van der Waals surface area contributed by atoms with Crippen LogP contribution in [-0.2, 0) is 6.54 Å². The molecule has 1 saturated heterocycles. The van der Waals surface area contributed by atoms with E-state index in [9.17, 15) is 9.18 Å². The van der Waals surface area contributed by atoms with Crippen LogP contribution < -0.4 is 5.56 Å². The van der Waals surface area contributed by atoms with Crippen molar-refractivity contribution < 1.29 is 4.39 Å². The number of benzene rings is 1. The van der Waals surface area contributed by atoms with E-state index in [1.165, 1.54) is 12.1 Å². The molecule has 0 bridgehead atoms. The fourth-order valence-electron chi connectivity index (χ4n) is 4.02. The number of aromatic nitrogens is 2. The minimum atomic E-state index is -0.397. The van der Waals surface area contributed by atoms with E-state index in [0.29, 0.717) is 23.5 Å². The van der Waals surface area contributed by atoms with Crippen LogP contribution in [0.1, 0.15) is 51.9 Å². The summed E-state index contributed by atoms with van der Waals surface area (Å²) in [7, 11) is 2.17. The summed E-state index contributed by atoms with van der Waals surface area (Å²) < 4.78 is 15.4. The molecule has 0 radical (unpaired) electrons. The smallest absolute Gasteiger partial charge is 0.261 e. The van der Waals surface area contributed by atoms with Crippen molar-refractivity contribution in [1.29, 1.82) is 0 Å². The lowest BCUT2D eigenvalue weighted by Crippen LogP contribution is -2.37. The Morgan fingerprint density at radius 3 is 2.74 bits per heavy atom. The molecule has 0 amide bonds. The van der Waals surface area contributed by atoms with Crippen molar-refractivity contribution in [3.8, 4) is 0 Å². The lowest BCUT2D eigenvalue weighted by molar-refractivity contribution is 0.180. The minimum absolute atomic E-state index is 0.107. The predicted molar refractivity (Wildman–Crippen MR) is 108 cm³/mol. The maximum absolute atomic E-state index is 13.7. The molecule has 1 aromatic carbocycles. The van der Waals surface area contributed by atoms with Crippen LogP contribution in [0, 0.1) is 5.82 Å². The average Bonchev–Trinajstić information content (AvgIpc) is 2.82. The number of halogens is 1. The van der Waals surface area contributed by atoms with Gasteiger partial charge < -0.3 is 4.90 Å². The van der Waals surface area contributed by atoms with Crippen molar-refractivity contribution in [2.24, 2.45) is 0 Å². The molecule has 1 aliphatic heterocycles. The largest absolute Gasteiger partial charge is 0.302 e. The number of rotatable bonds is 5. The Bertz CT molecular complexity index is 838. The number of nitrogens with zero attached hydrogens (tertiary/aromatic N) is 4. The van der Waals surface area contributed by atoms with Crippen LogP contribution in [0.4, 0.5) is 4.39 Å². The molecule has 2 unspecified atom stereocenters. The Morgan fingerprint density at radius 2 is 2.04 bits per heavy atom. The van der Waals surface area contributed by atoms with E-state index in [1.807, 2.05) is 6.92 Å². The highest BCUT2D eigenvalue weighted by atomic mass is 19.1. The van der Waals surface area contributed by atoms with Gasteiger partial charge in [0.2, 0.25) is 0 Å². The van der Waals surface area contributed by atoms with Gasteiger partial charge in [-0.05, 0) is 51.9 Å². The molecule has 3 rings (SSSR count). The Balaban J connectivity index is 2.08. The van der Waals surface area contributed by atoms with E-state index in [0.717, 1.165) is 44.7 Å². The van der Waals surface area contributed by atoms with Crippen LogP contribution in [0.25, 0.3) is 10.9 Å². The molecule has 2 aromatic rings. The van der Waals surface area contributed by atoms with Crippen molar-refractivity contribution in [1.82, 2.24) is 19.4 Å². The van der Waals surface area contributed by atoms with Gasteiger partial charge in [0.15, 0.2) is 0 Å². The summed E-state index contributed by atoms with van der Waals surface area (Å²) in [5.41, 5.74) is 0.445. The van der Waals surface area contributed by atoms with Gasteiger partial charge in [0.25, 0.3) is 5.56 Å². The normalized spacial score (nSPS) is 20.7. The summed E-state index contributed by atoms with van der Waals surface area (Å²) in [5.74, 6) is 0.423. The van der Waals surface area contributed by atoms with E-state index in [-0.39, 0.29) is 11.6 Å². The summed E-state index contributed by atoms with van der Waals surface area (Å²) in [5, 5.41) is 0.361. The van der Waals surface area contributed by atoms with Crippen LogP contribution in [0.5, 0.6) is 0 Å². The molecule has 0 N–H and O–H groups in total. The third-order valence-electron chi connectivity index (χ3n) is 5.89. The minimum Gasteiger partial charge on any atom is -0.302 e. The first-order valence-corrected chi connectivity index (χ1v) is 10.1. The van der Waals surface area contributed by atoms with Gasteiger partial charge in [0, 0.05) is 32.2 Å². The number of hydrogen-bond acceptors (Lipinski definition) is 4. The van der Waals surface area contributed by atoms with Gasteiger partial charge in [0.05, 0.1) is 16.9 Å². The topological polar surface area (TPSA) is 41.4 Å². The lowest BCUT2D eigenvalue weighted by atomic mass is 10.1. The molecule has 0 saturated carbocycles. The third-order valence-corrected chi connectivity index (χ3v) is 5.89. The molecule has 2 atom stereocenters. The molecule has 6 heteroatoms. The van der Waals surface area contributed by atoms with E-state index in [1.54, 1.807) is 10.6 Å². The number of fused-ring (bicyclic) bond motifs is 1. The molecular weight excluding hydrogens is 343 g/mol. The average molecular weight is 375 g/mol. The zero-order chi connectivity index (χ0) is 19.6. The van der Waals surface area contributed by atoms with Gasteiger partial charge in [-0.1, -0.05) is 13.3 Å². The second kappa shape index (κ2) is 8.48. The summed E-state index contributed by atoms with van der Waals surface area (Å²) in [6.45, 7) is 9.91. The van der Waals surface area contributed by atoms with Crippen LogP contribution in [0.3, 0.4) is 0 Å².